The van der Waals surface area contributed by atoms with Gasteiger partial charge in [-0.1, -0.05) is 0 Å². The van der Waals surface area contributed by atoms with E-state index in [4.69, 9.17) is 15.2 Å². The van der Waals surface area contributed by atoms with Crippen LogP contribution in [0, 0.1) is 5.92 Å². The summed E-state index contributed by atoms with van der Waals surface area (Å²) in [5, 5.41) is 0. The minimum absolute atomic E-state index is 0.0369. The molecule has 4 nitrogen and oxygen atoms in total. The average molecular weight is 285 g/mol. The molecular formula is C14H23NO3S. The van der Waals surface area contributed by atoms with Gasteiger partial charge in [0.05, 0.1) is 11.1 Å². The van der Waals surface area contributed by atoms with Crippen molar-refractivity contribution >= 4 is 17.5 Å². The summed E-state index contributed by atoms with van der Waals surface area (Å²) in [5.74, 6) is 2.55. The Balaban J connectivity index is 1.69. The molecule has 0 aliphatic carbocycles. The van der Waals surface area contributed by atoms with E-state index in [1.807, 2.05) is 11.8 Å². The average Bonchev–Trinajstić information content (AvgIpc) is 2.87. The molecule has 2 N–H and O–H groups in total. The lowest BCUT2D eigenvalue weighted by atomic mass is 9.74. The second-order valence-electron chi connectivity index (χ2n) is 6.16. The predicted octanol–water partition coefficient (Wildman–Crippen LogP) is 1.37. The number of carbonyl (C=O) groups is 1. The summed E-state index contributed by atoms with van der Waals surface area (Å²) >= 11 is 1.94. The van der Waals surface area contributed by atoms with Gasteiger partial charge in [-0.2, -0.15) is 11.8 Å². The molecule has 0 saturated carbocycles. The monoisotopic (exact) mass is 285 g/mol. The van der Waals surface area contributed by atoms with Gasteiger partial charge in [0, 0.05) is 31.5 Å². The zero-order valence-corrected chi connectivity index (χ0v) is 12.2. The first kappa shape index (κ1) is 13.9. The molecule has 0 bridgehead atoms. The third-order valence-electron chi connectivity index (χ3n) is 4.81. The van der Waals surface area contributed by atoms with Gasteiger partial charge in [-0.05, 0) is 37.9 Å². The molecule has 3 saturated heterocycles. The SMILES string of the molecule is NC1(C(=O)C2CCOC3(CCSC3)C2)CCOCC1. The third-order valence-corrected chi connectivity index (χ3v) is 6.03. The Morgan fingerprint density at radius 1 is 1.21 bits per heavy atom. The number of Topliss-reactive ketones (excluding diaryl/α,β-unsaturated/α-hetero) is 1. The number of carbonyl (C=O) groups excluding carboxylic acids is 1. The molecule has 1 spiro atoms. The maximum Gasteiger partial charge on any atom is 0.156 e. The van der Waals surface area contributed by atoms with E-state index in [0.717, 1.165) is 30.8 Å². The molecule has 2 atom stereocenters. The van der Waals surface area contributed by atoms with Gasteiger partial charge in [0.15, 0.2) is 5.78 Å². The Morgan fingerprint density at radius 3 is 2.68 bits per heavy atom. The quantitative estimate of drug-likeness (QED) is 0.830. The molecule has 19 heavy (non-hydrogen) atoms. The van der Waals surface area contributed by atoms with Gasteiger partial charge in [0.1, 0.15) is 0 Å². The number of hydrogen-bond acceptors (Lipinski definition) is 5. The standard InChI is InChI=1S/C14H23NO3S/c15-14(2-6-17-7-3-14)12(16)11-1-5-18-13(9-11)4-8-19-10-13/h11H,1-10,15H2. The van der Waals surface area contributed by atoms with Crippen LogP contribution in [0.5, 0.6) is 0 Å². The molecule has 0 aromatic rings. The maximum atomic E-state index is 12.8. The largest absolute Gasteiger partial charge is 0.381 e. The number of ketones is 1. The zero-order valence-electron chi connectivity index (χ0n) is 11.4. The number of nitrogens with two attached hydrogens (primary N) is 1. The highest BCUT2D eigenvalue weighted by atomic mass is 32.2. The number of rotatable bonds is 2. The van der Waals surface area contributed by atoms with Crippen LogP contribution in [0.4, 0.5) is 0 Å². The second-order valence-corrected chi connectivity index (χ2v) is 7.26. The summed E-state index contributed by atoms with van der Waals surface area (Å²) in [6.07, 6.45) is 4.14. The maximum absolute atomic E-state index is 12.8. The van der Waals surface area contributed by atoms with E-state index in [9.17, 15) is 4.79 Å². The lowest BCUT2D eigenvalue weighted by molar-refractivity contribution is -0.142. The van der Waals surface area contributed by atoms with Crippen LogP contribution < -0.4 is 5.73 Å². The molecule has 2 unspecified atom stereocenters. The second kappa shape index (κ2) is 5.35. The normalized spacial score (nSPS) is 38.5. The summed E-state index contributed by atoms with van der Waals surface area (Å²) in [6.45, 7) is 1.95. The minimum atomic E-state index is -0.646. The summed E-state index contributed by atoms with van der Waals surface area (Å²) in [6, 6.07) is 0. The molecule has 0 radical (unpaired) electrons. The lowest BCUT2D eigenvalue weighted by Gasteiger charge is -2.41. The topological polar surface area (TPSA) is 61.6 Å². The highest BCUT2D eigenvalue weighted by molar-refractivity contribution is 7.99. The fourth-order valence-electron chi connectivity index (χ4n) is 3.50. The van der Waals surface area contributed by atoms with E-state index >= 15 is 0 Å². The van der Waals surface area contributed by atoms with Crippen molar-refractivity contribution in [1.29, 1.82) is 0 Å². The predicted molar refractivity (Wildman–Crippen MR) is 75.3 cm³/mol. The molecular weight excluding hydrogens is 262 g/mol. The first-order valence-electron chi connectivity index (χ1n) is 7.26. The third kappa shape index (κ3) is 2.71. The summed E-state index contributed by atoms with van der Waals surface area (Å²) in [4.78, 5) is 12.8. The van der Waals surface area contributed by atoms with E-state index < -0.39 is 5.54 Å². The Labute approximate surface area is 118 Å². The smallest absolute Gasteiger partial charge is 0.156 e. The van der Waals surface area contributed by atoms with E-state index in [-0.39, 0.29) is 17.3 Å². The fraction of sp³-hybridized carbons (Fsp3) is 0.929. The minimum Gasteiger partial charge on any atom is -0.381 e. The fourth-order valence-corrected chi connectivity index (χ4v) is 4.88. The van der Waals surface area contributed by atoms with Crippen molar-refractivity contribution in [3.8, 4) is 0 Å². The van der Waals surface area contributed by atoms with Gasteiger partial charge in [0.25, 0.3) is 0 Å². The van der Waals surface area contributed by atoms with Crippen LogP contribution in [0.15, 0.2) is 0 Å². The molecule has 3 heterocycles. The lowest BCUT2D eigenvalue weighted by Crippen LogP contribution is -2.56. The summed E-state index contributed by atoms with van der Waals surface area (Å²) in [7, 11) is 0. The number of ether oxygens (including phenoxy) is 2. The van der Waals surface area contributed by atoms with Crippen LogP contribution in [0.2, 0.25) is 0 Å². The first-order valence-corrected chi connectivity index (χ1v) is 8.42. The summed E-state index contributed by atoms with van der Waals surface area (Å²) in [5.41, 5.74) is 5.66. The van der Waals surface area contributed by atoms with Crippen molar-refractivity contribution in [1.82, 2.24) is 0 Å². The van der Waals surface area contributed by atoms with E-state index in [1.165, 1.54) is 0 Å². The van der Waals surface area contributed by atoms with Crippen molar-refractivity contribution in [3.05, 3.63) is 0 Å². The molecule has 3 rings (SSSR count). The van der Waals surface area contributed by atoms with Gasteiger partial charge in [0.2, 0.25) is 0 Å². The summed E-state index contributed by atoms with van der Waals surface area (Å²) < 4.78 is 11.3. The van der Waals surface area contributed by atoms with Crippen LogP contribution in [-0.2, 0) is 14.3 Å². The highest BCUT2D eigenvalue weighted by Crippen LogP contribution is 2.42. The molecule has 3 aliphatic rings. The van der Waals surface area contributed by atoms with E-state index in [2.05, 4.69) is 0 Å². The molecule has 3 aliphatic heterocycles. The van der Waals surface area contributed by atoms with E-state index in [1.54, 1.807) is 0 Å². The molecule has 5 heteroatoms. The number of hydrogen-bond donors (Lipinski definition) is 1. The molecule has 0 aromatic carbocycles. The van der Waals surface area contributed by atoms with Gasteiger partial charge in [-0.25, -0.2) is 0 Å². The molecule has 0 amide bonds. The van der Waals surface area contributed by atoms with Crippen molar-refractivity contribution < 1.29 is 14.3 Å². The van der Waals surface area contributed by atoms with E-state index in [0.29, 0.717) is 32.7 Å². The molecule has 3 fully saturated rings. The van der Waals surface area contributed by atoms with Crippen molar-refractivity contribution in [2.24, 2.45) is 11.7 Å². The Bertz CT molecular complexity index is 349. The van der Waals surface area contributed by atoms with Crippen molar-refractivity contribution in [2.75, 3.05) is 31.3 Å². The van der Waals surface area contributed by atoms with Crippen LogP contribution >= 0.6 is 11.8 Å². The zero-order chi connectivity index (χ0) is 13.3. The number of thioether (sulfide) groups is 1. The Morgan fingerprint density at radius 2 is 2.00 bits per heavy atom. The Hall–Kier alpha value is -0.100. The van der Waals surface area contributed by atoms with Crippen LogP contribution in [0.25, 0.3) is 0 Å². The van der Waals surface area contributed by atoms with Crippen molar-refractivity contribution in [3.63, 3.8) is 0 Å². The molecule has 108 valence electrons. The van der Waals surface area contributed by atoms with Crippen molar-refractivity contribution in [2.45, 2.75) is 43.2 Å². The highest BCUT2D eigenvalue weighted by Gasteiger charge is 2.47. The van der Waals surface area contributed by atoms with Crippen LogP contribution in [-0.4, -0.2) is 48.2 Å². The molecule has 0 aromatic heterocycles. The van der Waals surface area contributed by atoms with Gasteiger partial charge < -0.3 is 15.2 Å². The van der Waals surface area contributed by atoms with Gasteiger partial charge in [-0.3, -0.25) is 4.79 Å². The van der Waals surface area contributed by atoms with Crippen LogP contribution in [0.1, 0.15) is 32.1 Å². The first-order chi connectivity index (χ1) is 9.14. The Kier molecular flexibility index (Phi) is 3.91. The van der Waals surface area contributed by atoms with Crippen LogP contribution in [0.3, 0.4) is 0 Å². The van der Waals surface area contributed by atoms with Gasteiger partial charge >= 0.3 is 0 Å². The van der Waals surface area contributed by atoms with Gasteiger partial charge in [-0.15, -0.1) is 0 Å².